The predicted molar refractivity (Wildman–Crippen MR) is 127 cm³/mol. The molecule has 0 saturated carbocycles. The predicted octanol–water partition coefficient (Wildman–Crippen LogP) is 2.31. The Morgan fingerprint density at radius 3 is 1.62 bits per heavy atom. The fraction of sp³-hybridized carbons (Fsp3) is 0.448. The van der Waals surface area contributed by atoms with Gasteiger partial charge in [0.15, 0.2) is 0 Å². The smallest absolute Gasteiger partial charge is 1.00 e. The van der Waals surface area contributed by atoms with Crippen LogP contribution in [-0.4, -0.2) is 0 Å². The van der Waals surface area contributed by atoms with Gasteiger partial charge in [-0.1, -0.05) is 0 Å². The molecule has 170 valence electrons. The first-order chi connectivity index (χ1) is 13.9. The van der Waals surface area contributed by atoms with Crippen LogP contribution in [0.3, 0.4) is 0 Å². The van der Waals surface area contributed by atoms with E-state index in [0.29, 0.717) is 9.54 Å². The first-order valence-electron chi connectivity index (χ1n) is 11.4. The van der Waals surface area contributed by atoms with E-state index in [1.54, 1.807) is 20.0 Å². The summed E-state index contributed by atoms with van der Waals surface area (Å²) in [7, 11) is 0. The van der Waals surface area contributed by atoms with Gasteiger partial charge in [-0.15, -0.1) is 0 Å². The van der Waals surface area contributed by atoms with Crippen molar-refractivity contribution in [1.82, 2.24) is 0 Å². The summed E-state index contributed by atoms with van der Waals surface area (Å²) < 4.78 is 2.39. The Hall–Kier alpha value is -0.617. The zero-order valence-electron chi connectivity index (χ0n) is 20.7. The Labute approximate surface area is 219 Å². The van der Waals surface area contributed by atoms with Crippen LogP contribution in [0.4, 0.5) is 0 Å². The van der Waals surface area contributed by atoms with Gasteiger partial charge in [0.05, 0.1) is 0 Å². The molecular formula is C29H36Cl2Zr. The van der Waals surface area contributed by atoms with E-state index < -0.39 is 23.2 Å². The molecule has 4 rings (SSSR count). The third kappa shape index (κ3) is 5.37. The van der Waals surface area contributed by atoms with E-state index in [1.165, 1.54) is 28.7 Å². The zero-order valence-corrected chi connectivity index (χ0v) is 24.7. The van der Waals surface area contributed by atoms with Crippen molar-refractivity contribution in [2.24, 2.45) is 5.92 Å². The Kier molecular flexibility index (Phi) is 8.58. The van der Waals surface area contributed by atoms with Gasteiger partial charge in [-0.2, -0.15) is 0 Å². The SMILES string of the molecule is CC(C)C1=CC[C]([Zr+2][CH]2c3cc(C(C)(C)C)ccc3-c3ccc(C(C)(C)C)cc32)=C1.[Cl-].[Cl-]. The minimum absolute atomic E-state index is 0. The number of rotatable bonds is 3. The first kappa shape index (κ1) is 27.6. The van der Waals surface area contributed by atoms with E-state index in [-0.39, 0.29) is 35.6 Å². The molecule has 0 aromatic heterocycles. The molecule has 3 heteroatoms. The molecule has 0 fully saturated rings. The number of halogens is 2. The third-order valence-corrected chi connectivity index (χ3v) is 10.6. The van der Waals surface area contributed by atoms with Crippen molar-refractivity contribution in [3.8, 4) is 11.1 Å². The van der Waals surface area contributed by atoms with Gasteiger partial charge in [0.1, 0.15) is 0 Å². The van der Waals surface area contributed by atoms with Crippen LogP contribution in [0.2, 0.25) is 0 Å². The van der Waals surface area contributed by atoms with E-state index in [0.717, 1.165) is 0 Å². The molecule has 0 aliphatic heterocycles. The van der Waals surface area contributed by atoms with E-state index in [2.05, 4.69) is 104 Å². The van der Waals surface area contributed by atoms with Crippen molar-refractivity contribution in [2.45, 2.75) is 76.3 Å². The molecule has 2 aromatic rings. The number of allylic oxidation sites excluding steroid dienone is 4. The molecule has 0 heterocycles. The normalized spacial score (nSPS) is 15.3. The van der Waals surface area contributed by atoms with Crippen LogP contribution >= 0.6 is 0 Å². The topological polar surface area (TPSA) is 0 Å². The molecule has 0 unspecified atom stereocenters. The largest absolute Gasteiger partial charge is 1.00 e. The summed E-state index contributed by atoms with van der Waals surface area (Å²) in [5.41, 5.74) is 11.1. The molecular weight excluding hydrogens is 510 g/mol. The van der Waals surface area contributed by atoms with E-state index in [1.807, 2.05) is 0 Å². The monoisotopic (exact) mass is 544 g/mol. The molecule has 32 heavy (non-hydrogen) atoms. The van der Waals surface area contributed by atoms with Crippen LogP contribution in [-0.2, 0) is 34.1 Å². The van der Waals surface area contributed by atoms with Crippen molar-refractivity contribution in [3.63, 3.8) is 0 Å². The Bertz CT molecular complexity index is 982. The Morgan fingerprint density at radius 1 is 0.781 bits per heavy atom. The molecule has 0 N–H and O–H groups in total. The van der Waals surface area contributed by atoms with Crippen LogP contribution < -0.4 is 24.8 Å². The van der Waals surface area contributed by atoms with E-state index in [9.17, 15) is 0 Å². The van der Waals surface area contributed by atoms with E-state index >= 15 is 0 Å². The number of hydrogen-bond donors (Lipinski definition) is 0. The van der Waals surface area contributed by atoms with Gasteiger partial charge in [-0.25, -0.2) is 0 Å². The molecule has 0 amide bonds. The first-order valence-corrected chi connectivity index (χ1v) is 14.1. The average Bonchev–Trinajstić information content (AvgIpc) is 3.24. The van der Waals surface area contributed by atoms with Crippen molar-refractivity contribution in [2.75, 3.05) is 0 Å². The quantitative estimate of drug-likeness (QED) is 0.555. The summed E-state index contributed by atoms with van der Waals surface area (Å²) in [5, 5.41) is 0. The number of benzene rings is 2. The molecule has 2 aliphatic rings. The Balaban J connectivity index is 0.00000181. The summed E-state index contributed by atoms with van der Waals surface area (Å²) in [6.07, 6.45) is 6.23. The second kappa shape index (κ2) is 9.94. The molecule has 2 aliphatic carbocycles. The zero-order chi connectivity index (χ0) is 21.8. The van der Waals surface area contributed by atoms with Gasteiger partial charge in [0, 0.05) is 0 Å². The summed E-state index contributed by atoms with van der Waals surface area (Å²) in [6.45, 7) is 18.7. The molecule has 0 radical (unpaired) electrons. The standard InChI is InChI=1S/C21H25.C8H11.2ClH.Zr/c1-20(2,3)16-7-9-18-14(12-16)11-15-13-17(21(4,5)6)8-10-19(15)18;1-7(2)8-5-3-4-6-8;;;/h7-13H,1-6H3;5-7H,3H2,1-2H3;2*1H;/q;;;;+2/p-2. The average molecular weight is 547 g/mol. The van der Waals surface area contributed by atoms with Gasteiger partial charge in [0.2, 0.25) is 0 Å². The molecule has 0 atom stereocenters. The van der Waals surface area contributed by atoms with Crippen LogP contribution in [0.1, 0.15) is 87.7 Å². The van der Waals surface area contributed by atoms with Crippen molar-refractivity contribution < 1.29 is 48.0 Å². The fourth-order valence-corrected chi connectivity index (χ4v) is 8.59. The van der Waals surface area contributed by atoms with Gasteiger partial charge >= 0.3 is 196 Å². The van der Waals surface area contributed by atoms with Crippen LogP contribution in [0.5, 0.6) is 0 Å². The number of fused-ring (bicyclic) bond motifs is 3. The van der Waals surface area contributed by atoms with Crippen molar-refractivity contribution >= 4 is 0 Å². The summed E-state index contributed by atoms with van der Waals surface area (Å²) in [5.74, 6) is 0.644. The molecule has 0 spiro atoms. The second-order valence-corrected chi connectivity index (χ2v) is 15.1. The van der Waals surface area contributed by atoms with Gasteiger partial charge < -0.3 is 24.8 Å². The molecule has 2 aromatic carbocycles. The maximum atomic E-state index is 2.55. The third-order valence-electron chi connectivity index (χ3n) is 6.64. The molecule has 0 saturated heterocycles. The van der Waals surface area contributed by atoms with Gasteiger partial charge in [-0.3, -0.25) is 0 Å². The summed E-state index contributed by atoms with van der Waals surface area (Å²) in [6, 6.07) is 14.6. The van der Waals surface area contributed by atoms with Crippen molar-refractivity contribution in [1.29, 1.82) is 0 Å². The van der Waals surface area contributed by atoms with Crippen LogP contribution in [0, 0.1) is 5.92 Å². The summed E-state index contributed by atoms with van der Waals surface area (Å²) >= 11 is -0.777. The van der Waals surface area contributed by atoms with Crippen LogP contribution in [0.25, 0.3) is 11.1 Å². The minimum Gasteiger partial charge on any atom is -1.00 e. The van der Waals surface area contributed by atoms with E-state index in [4.69, 9.17) is 0 Å². The maximum absolute atomic E-state index is 2.55. The maximum Gasteiger partial charge on any atom is -1.00 e. The fourth-order valence-electron chi connectivity index (χ4n) is 4.58. The molecule has 0 nitrogen and oxygen atoms in total. The van der Waals surface area contributed by atoms with Crippen LogP contribution in [0.15, 0.2) is 57.4 Å². The molecule has 0 bridgehead atoms. The van der Waals surface area contributed by atoms with Gasteiger partial charge in [-0.05, 0) is 0 Å². The van der Waals surface area contributed by atoms with Crippen molar-refractivity contribution in [3.05, 3.63) is 79.7 Å². The summed E-state index contributed by atoms with van der Waals surface area (Å²) in [4.78, 5) is 0. The second-order valence-electron chi connectivity index (χ2n) is 11.4. The number of hydrogen-bond acceptors (Lipinski definition) is 0. The Morgan fingerprint density at radius 2 is 1.25 bits per heavy atom. The van der Waals surface area contributed by atoms with Gasteiger partial charge in [0.25, 0.3) is 0 Å². The minimum atomic E-state index is -0.777.